The molecule has 6 aromatic rings. The van der Waals surface area contributed by atoms with Gasteiger partial charge >= 0.3 is 0 Å². The Labute approximate surface area is 440 Å². The van der Waals surface area contributed by atoms with Crippen molar-refractivity contribution in [2.24, 2.45) is 0 Å². The summed E-state index contributed by atoms with van der Waals surface area (Å²) in [5.41, 5.74) is 24.5. The summed E-state index contributed by atoms with van der Waals surface area (Å²) in [7, 11) is 6.86. The molecule has 14 aliphatic carbocycles. The van der Waals surface area contributed by atoms with Gasteiger partial charge in [0.25, 0.3) is 0 Å². The predicted octanol–water partition coefficient (Wildman–Crippen LogP) is 14.7. The van der Waals surface area contributed by atoms with Crippen molar-refractivity contribution in [3.8, 4) is 44.5 Å². The molecule has 6 aromatic carbocycles. The van der Waals surface area contributed by atoms with Crippen LogP contribution in [0, 0.1) is 27.7 Å². The van der Waals surface area contributed by atoms with E-state index in [0.29, 0.717) is 0 Å². The van der Waals surface area contributed by atoms with Gasteiger partial charge in [0.15, 0.2) is 0 Å². The van der Waals surface area contributed by atoms with Crippen LogP contribution < -0.4 is 0 Å². The zero-order valence-electron chi connectivity index (χ0n) is 45.2. The molecule has 74 heavy (non-hydrogen) atoms. The van der Waals surface area contributed by atoms with Crippen LogP contribution in [0.2, 0.25) is 0 Å². The molecule has 0 heterocycles. The lowest BCUT2D eigenvalue weighted by Gasteiger charge is -2.46. The summed E-state index contributed by atoms with van der Waals surface area (Å²) >= 11 is 0. The van der Waals surface area contributed by atoms with Gasteiger partial charge in [0.05, 0.1) is 22.4 Å². The molecule has 0 saturated heterocycles. The first-order chi connectivity index (χ1) is 36.0. The molecule has 0 spiro atoms. The Morgan fingerprint density at radius 1 is 0.297 bits per heavy atom. The van der Waals surface area contributed by atoms with Crippen molar-refractivity contribution < 1.29 is 37.9 Å². The van der Waals surface area contributed by atoms with Gasteiger partial charge in [-0.1, -0.05) is 97.1 Å². The van der Waals surface area contributed by atoms with E-state index in [1.54, 1.807) is 28.4 Å². The monoisotopic (exact) mass is 997 g/mol. The van der Waals surface area contributed by atoms with E-state index < -0.39 is 22.4 Å². The summed E-state index contributed by atoms with van der Waals surface area (Å²) in [6.45, 7) is 10.2. The summed E-state index contributed by atoms with van der Waals surface area (Å²) in [5, 5.41) is 0. The SMILES string of the molecule is COCOC12CCC(OCOC)(CC1)c1ccc(cc1)-c1c(C)c(C)c(c3c1CCC3)-c1ccc(cc1)C1(OCOC)CCC(OCOC)(CC1)c1ccc(cc1)-c1c(C)c(C)c(c3c1CCC3)-c1ccc2cc1. The van der Waals surface area contributed by atoms with E-state index in [1.807, 2.05) is 0 Å². The largest absolute Gasteiger partial charge is 0.359 e. The Bertz CT molecular complexity index is 2570. The maximum Gasteiger partial charge on any atom is 0.147 e. The number of hydrogen-bond acceptors (Lipinski definition) is 8. The molecule has 8 heteroatoms. The number of rotatable bonds is 12. The van der Waals surface area contributed by atoms with E-state index in [-0.39, 0.29) is 27.2 Å². The van der Waals surface area contributed by atoms with Gasteiger partial charge < -0.3 is 37.9 Å². The van der Waals surface area contributed by atoms with Crippen molar-refractivity contribution >= 4 is 0 Å². The summed E-state index contributed by atoms with van der Waals surface area (Å²) in [4.78, 5) is 0. The minimum Gasteiger partial charge on any atom is -0.359 e. The van der Waals surface area contributed by atoms with Crippen LogP contribution in [-0.2, 0) is 86.0 Å². The maximum absolute atomic E-state index is 6.81. The highest BCUT2D eigenvalue weighted by atomic mass is 16.7. The quantitative estimate of drug-likeness (QED) is 0.112. The average molecular weight is 997 g/mol. The maximum atomic E-state index is 6.81. The number of ether oxygens (including phenoxy) is 8. The number of benzene rings is 6. The van der Waals surface area contributed by atoms with Gasteiger partial charge in [-0.15, -0.1) is 0 Å². The van der Waals surface area contributed by atoms with E-state index in [1.165, 1.54) is 111 Å². The fourth-order valence-electron chi connectivity index (χ4n) is 14.4. The standard InChI is InChI=1S/C66H76O8/c1-43-44(2)60-48-17-25-52(26-18-48)64(72-40-68-6)35-37-66(38-36-64,74-42-70-8)54-29-21-50(22-30-54)62-46(4)45(3)61(57-13-10-14-58(57)62)49-19-27-53(28-20-49)65(73-41-69-7)33-31-63(32-34-65,71-39-67-5)51-23-15-47(16-24-51)59(43)55-11-9-12-56(55)60/h15-30H,9-14,31-42H2,1-8H3. The minimum atomic E-state index is -0.529. The second-order valence-electron chi connectivity index (χ2n) is 22.1. The summed E-state index contributed by atoms with van der Waals surface area (Å²) in [6, 6.07) is 37.3. The Kier molecular flexibility index (Phi) is 14.4. The first kappa shape index (κ1) is 51.1. The average Bonchev–Trinajstić information content (AvgIpc) is 4.13. The molecule has 388 valence electrons. The molecule has 16 bridgehead atoms. The fourth-order valence-corrected chi connectivity index (χ4v) is 14.4. The van der Waals surface area contributed by atoms with E-state index in [9.17, 15) is 0 Å². The van der Waals surface area contributed by atoms with Crippen LogP contribution in [0.15, 0.2) is 97.1 Å². The summed E-state index contributed by atoms with van der Waals surface area (Å²) in [5.74, 6) is 0. The zero-order valence-corrected chi connectivity index (χ0v) is 45.2. The van der Waals surface area contributed by atoms with Gasteiger partial charge in [-0.05, 0) is 229 Å². The third-order valence-corrected chi connectivity index (χ3v) is 18.6. The lowest BCUT2D eigenvalue weighted by molar-refractivity contribution is -0.203. The fraction of sp³-hybridized carbons (Fsp3) is 0.455. The van der Waals surface area contributed by atoms with Crippen molar-refractivity contribution in [2.75, 3.05) is 55.6 Å². The van der Waals surface area contributed by atoms with E-state index in [4.69, 9.17) is 37.9 Å². The van der Waals surface area contributed by atoms with Gasteiger partial charge in [-0.2, -0.15) is 0 Å². The zero-order chi connectivity index (χ0) is 51.2. The van der Waals surface area contributed by atoms with Crippen LogP contribution in [-0.4, -0.2) is 55.6 Å². The minimum absolute atomic E-state index is 0.218. The topological polar surface area (TPSA) is 73.8 Å². The molecular formula is C66H76O8. The third kappa shape index (κ3) is 8.71. The van der Waals surface area contributed by atoms with Crippen LogP contribution >= 0.6 is 0 Å². The van der Waals surface area contributed by atoms with Gasteiger partial charge in [0.2, 0.25) is 0 Å². The van der Waals surface area contributed by atoms with Crippen LogP contribution in [0.5, 0.6) is 0 Å². The van der Waals surface area contributed by atoms with Gasteiger partial charge in [0.1, 0.15) is 27.2 Å². The van der Waals surface area contributed by atoms with Crippen molar-refractivity contribution in [1.82, 2.24) is 0 Å². The molecule has 8 nitrogen and oxygen atoms in total. The third-order valence-electron chi connectivity index (χ3n) is 18.6. The van der Waals surface area contributed by atoms with E-state index >= 15 is 0 Å². The summed E-state index contributed by atoms with van der Waals surface area (Å²) in [6.07, 6.45) is 12.8. The summed E-state index contributed by atoms with van der Waals surface area (Å²) < 4.78 is 49.8. The molecule has 14 aliphatic rings. The van der Waals surface area contributed by atoms with Crippen LogP contribution in [0.1, 0.15) is 131 Å². The highest BCUT2D eigenvalue weighted by Crippen LogP contribution is 2.54. The van der Waals surface area contributed by atoms with Gasteiger partial charge in [-0.25, -0.2) is 0 Å². The Hall–Kier alpha value is -5.00. The second-order valence-corrected chi connectivity index (χ2v) is 22.1. The smallest absolute Gasteiger partial charge is 0.147 e. The molecule has 0 unspecified atom stereocenters. The van der Waals surface area contributed by atoms with Crippen LogP contribution in [0.4, 0.5) is 0 Å². The van der Waals surface area contributed by atoms with Crippen molar-refractivity contribution in [2.45, 2.75) is 140 Å². The second kappa shape index (κ2) is 20.8. The normalized spacial score (nSPS) is 23.8. The molecule has 2 saturated carbocycles. The first-order valence-electron chi connectivity index (χ1n) is 27.3. The van der Waals surface area contributed by atoms with Crippen molar-refractivity contribution in [3.63, 3.8) is 0 Å². The first-order valence-corrected chi connectivity index (χ1v) is 27.3. The van der Waals surface area contributed by atoms with Crippen LogP contribution in [0.3, 0.4) is 0 Å². The van der Waals surface area contributed by atoms with Crippen LogP contribution in [0.25, 0.3) is 44.5 Å². The highest BCUT2D eigenvalue weighted by Gasteiger charge is 2.48. The Morgan fingerprint density at radius 2 is 0.486 bits per heavy atom. The van der Waals surface area contributed by atoms with E-state index in [0.717, 1.165) is 89.9 Å². The molecule has 0 atom stereocenters. The molecule has 0 amide bonds. The molecule has 0 radical (unpaired) electrons. The number of fused-ring (bicyclic) bond motifs is 2. The lowest BCUT2D eigenvalue weighted by Crippen LogP contribution is -2.43. The molecule has 0 N–H and O–H groups in total. The highest BCUT2D eigenvalue weighted by molar-refractivity contribution is 5.85. The Morgan fingerprint density at radius 3 is 0.662 bits per heavy atom. The molecular weight excluding hydrogens is 921 g/mol. The number of methoxy groups -OCH3 is 4. The molecule has 0 aromatic heterocycles. The molecule has 0 aliphatic heterocycles. The molecule has 2 fully saturated rings. The van der Waals surface area contributed by atoms with Gasteiger partial charge in [-0.3, -0.25) is 0 Å². The van der Waals surface area contributed by atoms with Crippen molar-refractivity contribution in [1.29, 1.82) is 0 Å². The Balaban J connectivity index is 1.05. The predicted molar refractivity (Wildman–Crippen MR) is 293 cm³/mol. The van der Waals surface area contributed by atoms with Crippen molar-refractivity contribution in [3.05, 3.63) is 164 Å². The molecule has 20 rings (SSSR count). The van der Waals surface area contributed by atoms with Gasteiger partial charge in [0, 0.05) is 28.4 Å². The lowest BCUT2D eigenvalue weighted by atomic mass is 9.69. The number of hydrogen-bond donors (Lipinski definition) is 0. The van der Waals surface area contributed by atoms with E-state index in [2.05, 4.69) is 125 Å².